The molecule has 2 aliphatic rings. The third-order valence-corrected chi connectivity index (χ3v) is 13.2. The maximum Gasteiger partial charge on any atom is 0.297 e. The quantitative estimate of drug-likeness (QED) is 0.101. The van der Waals surface area contributed by atoms with Crippen LogP contribution in [0.3, 0.4) is 0 Å². The maximum absolute atomic E-state index is 7.16. The second-order valence-corrected chi connectivity index (χ2v) is 19.5. The van der Waals surface area contributed by atoms with E-state index in [-0.39, 0.29) is 12.1 Å². The molecule has 6 aromatic carbocycles. The Labute approximate surface area is 376 Å². The summed E-state index contributed by atoms with van der Waals surface area (Å²) in [5, 5.41) is 1.14. The minimum atomic E-state index is -0.122. The molecule has 0 saturated carbocycles. The number of furan rings is 1. The van der Waals surface area contributed by atoms with Crippen molar-refractivity contribution in [3.05, 3.63) is 173 Å². The highest BCUT2D eigenvalue weighted by Crippen LogP contribution is 2.47. The summed E-state index contributed by atoms with van der Waals surface area (Å²) in [6.45, 7) is 25.4. The summed E-state index contributed by atoms with van der Waals surface area (Å²) < 4.78 is 7.16. The van der Waals surface area contributed by atoms with E-state index in [1.807, 2.05) is 0 Å². The highest BCUT2D eigenvalue weighted by molar-refractivity contribution is 7.00. The lowest BCUT2D eigenvalue weighted by Crippen LogP contribution is -2.61. The van der Waals surface area contributed by atoms with Gasteiger partial charge in [-0.1, -0.05) is 139 Å². The lowest BCUT2D eigenvalue weighted by Gasteiger charge is -2.42. The summed E-state index contributed by atoms with van der Waals surface area (Å²) in [5.74, 6) is 0.914. The van der Waals surface area contributed by atoms with Crippen molar-refractivity contribution in [3.63, 3.8) is 0 Å². The first kappa shape index (κ1) is 42.1. The molecule has 0 spiro atoms. The topological polar surface area (TPSA) is 22.9 Å². The predicted octanol–water partition coefficient (Wildman–Crippen LogP) is 14.5. The number of rotatable bonds is 10. The average molecular weight is 828 g/mol. The number of hydrogen-bond acceptors (Lipinski definition) is 4. The van der Waals surface area contributed by atoms with E-state index < -0.39 is 0 Å². The fourth-order valence-corrected chi connectivity index (χ4v) is 9.75. The standard InChI is InChI=1S/C58H62BN3O/c1-12-15-42(37(2)3)16-14-33-60(50-31-22-43(38(4)5)35-41(50)8)47-29-30-49-53(36-47)61(45-25-19-39(6)20-26-45)51-17-13-18-52-55(51)59(49)57-56(48-34-40(7)21-32-54(48)63-57)62(52)46-27-23-44(24-28-46)58(9,10)11/h13-32,34-38H,12,33H2,1-11H3/b16-14-,42-15+. The lowest BCUT2D eigenvalue weighted by molar-refractivity contribution is 0.590. The van der Waals surface area contributed by atoms with Gasteiger partial charge in [0.15, 0.2) is 0 Å². The van der Waals surface area contributed by atoms with Gasteiger partial charge in [-0.3, -0.25) is 0 Å². The second-order valence-electron chi connectivity index (χ2n) is 19.5. The Morgan fingerprint density at radius 3 is 2.08 bits per heavy atom. The molecule has 0 atom stereocenters. The Kier molecular flexibility index (Phi) is 11.0. The van der Waals surface area contributed by atoms with Crippen LogP contribution in [-0.2, 0) is 5.41 Å². The second kappa shape index (κ2) is 16.5. The van der Waals surface area contributed by atoms with Crippen LogP contribution in [0, 0.1) is 26.7 Å². The number of allylic oxidation sites excluding steroid dienone is 3. The van der Waals surface area contributed by atoms with Crippen LogP contribution in [0.1, 0.15) is 95.5 Å². The monoisotopic (exact) mass is 827 g/mol. The molecule has 0 fully saturated rings. The van der Waals surface area contributed by atoms with Crippen molar-refractivity contribution in [2.45, 2.75) is 93.9 Å². The predicted molar refractivity (Wildman–Crippen MR) is 273 cm³/mol. The van der Waals surface area contributed by atoms with Crippen LogP contribution in [0.25, 0.3) is 11.0 Å². The highest BCUT2D eigenvalue weighted by Gasteiger charge is 2.46. The summed E-state index contributed by atoms with van der Waals surface area (Å²) >= 11 is 0. The van der Waals surface area contributed by atoms with Crippen molar-refractivity contribution in [2.75, 3.05) is 21.2 Å². The zero-order valence-electron chi connectivity index (χ0n) is 39.2. The molecule has 0 bridgehead atoms. The zero-order valence-corrected chi connectivity index (χ0v) is 39.2. The fraction of sp³-hybridized carbons (Fsp3) is 0.276. The number of benzene rings is 6. The molecule has 0 unspecified atom stereocenters. The molecule has 0 N–H and O–H groups in total. The molecule has 4 nitrogen and oxygen atoms in total. The summed E-state index contributed by atoms with van der Waals surface area (Å²) in [6.07, 6.45) is 8.07. The third-order valence-electron chi connectivity index (χ3n) is 13.2. The molecule has 0 aliphatic carbocycles. The summed E-state index contributed by atoms with van der Waals surface area (Å²) in [4.78, 5) is 7.46. The minimum Gasteiger partial charge on any atom is -0.468 e. The number of aryl methyl sites for hydroxylation is 3. The first-order valence-corrected chi connectivity index (χ1v) is 23.1. The van der Waals surface area contributed by atoms with E-state index >= 15 is 0 Å². The molecule has 2 aliphatic heterocycles. The molecule has 1 aromatic heterocycles. The van der Waals surface area contributed by atoms with Crippen LogP contribution in [0.5, 0.6) is 0 Å². The van der Waals surface area contributed by atoms with Crippen molar-refractivity contribution in [2.24, 2.45) is 5.92 Å². The van der Waals surface area contributed by atoms with Gasteiger partial charge in [-0.05, 0) is 144 Å². The Bertz CT molecular complexity index is 2890. The SMILES string of the molecule is CC/C=C(\C=C/CN(c1ccc2c(c1)N(c1ccc(C)cc1)c1cccc3c1B2c1oc2ccc(C)cc2c1N3c1ccc(C(C)(C)C)cc1)c1ccc(C(C)C)cc1C)C(C)C. The van der Waals surface area contributed by atoms with Crippen molar-refractivity contribution in [1.82, 2.24) is 0 Å². The molecule has 9 rings (SSSR count). The number of anilines is 8. The van der Waals surface area contributed by atoms with Gasteiger partial charge in [-0.2, -0.15) is 0 Å². The average Bonchev–Trinajstić information content (AvgIpc) is 3.63. The van der Waals surface area contributed by atoms with Crippen molar-refractivity contribution >= 4 is 79.8 Å². The number of nitrogens with zero attached hydrogens (tertiary/aromatic N) is 3. The van der Waals surface area contributed by atoms with E-state index in [4.69, 9.17) is 4.42 Å². The Morgan fingerprint density at radius 1 is 0.730 bits per heavy atom. The largest absolute Gasteiger partial charge is 0.468 e. The molecular weight excluding hydrogens is 765 g/mol. The van der Waals surface area contributed by atoms with E-state index in [0.29, 0.717) is 11.8 Å². The van der Waals surface area contributed by atoms with E-state index in [2.05, 4.69) is 230 Å². The molecule has 5 heteroatoms. The molecule has 0 radical (unpaired) electrons. The van der Waals surface area contributed by atoms with Gasteiger partial charge in [0.05, 0.1) is 11.3 Å². The third kappa shape index (κ3) is 7.60. The molecule has 3 heterocycles. The maximum atomic E-state index is 7.16. The Balaban J connectivity index is 1.28. The van der Waals surface area contributed by atoms with Gasteiger partial charge in [0.1, 0.15) is 5.58 Å². The summed E-state index contributed by atoms with van der Waals surface area (Å²) in [5.41, 5.74) is 21.5. The van der Waals surface area contributed by atoms with E-state index in [1.165, 1.54) is 61.4 Å². The highest BCUT2D eigenvalue weighted by atomic mass is 16.3. The van der Waals surface area contributed by atoms with Crippen LogP contribution in [0.2, 0.25) is 0 Å². The summed E-state index contributed by atoms with van der Waals surface area (Å²) in [7, 11) is 0. The van der Waals surface area contributed by atoms with Gasteiger partial charge < -0.3 is 19.1 Å². The van der Waals surface area contributed by atoms with E-state index in [9.17, 15) is 0 Å². The minimum absolute atomic E-state index is 0.0460. The lowest BCUT2D eigenvalue weighted by atomic mass is 9.35. The van der Waals surface area contributed by atoms with Crippen molar-refractivity contribution < 1.29 is 4.42 Å². The van der Waals surface area contributed by atoms with Crippen LogP contribution in [0.15, 0.2) is 150 Å². The molecule has 7 aromatic rings. The van der Waals surface area contributed by atoms with Crippen LogP contribution in [-0.4, -0.2) is 13.3 Å². The van der Waals surface area contributed by atoms with Crippen molar-refractivity contribution in [1.29, 1.82) is 0 Å². The summed E-state index contributed by atoms with van der Waals surface area (Å²) in [6, 6.07) is 45.8. The van der Waals surface area contributed by atoms with Crippen LogP contribution < -0.4 is 31.3 Å². The van der Waals surface area contributed by atoms with Gasteiger partial charge in [0, 0.05) is 51.7 Å². The first-order chi connectivity index (χ1) is 30.2. The molecule has 318 valence electrons. The van der Waals surface area contributed by atoms with Gasteiger partial charge >= 0.3 is 0 Å². The molecule has 0 amide bonds. The van der Waals surface area contributed by atoms with E-state index in [1.54, 1.807) is 0 Å². The van der Waals surface area contributed by atoms with Gasteiger partial charge in [0.25, 0.3) is 6.71 Å². The number of fused-ring (bicyclic) bond motifs is 6. The van der Waals surface area contributed by atoms with Gasteiger partial charge in [-0.15, -0.1) is 0 Å². The smallest absolute Gasteiger partial charge is 0.297 e. The zero-order chi connectivity index (χ0) is 44.3. The normalized spacial score (nSPS) is 13.7. The van der Waals surface area contributed by atoms with Crippen LogP contribution in [0.4, 0.5) is 45.5 Å². The molecular formula is C58H62BN3O. The van der Waals surface area contributed by atoms with Crippen LogP contribution >= 0.6 is 0 Å². The molecule has 63 heavy (non-hydrogen) atoms. The Morgan fingerprint density at radius 2 is 1.41 bits per heavy atom. The van der Waals surface area contributed by atoms with Gasteiger partial charge in [-0.25, -0.2) is 0 Å². The molecule has 0 saturated heterocycles. The fourth-order valence-electron chi connectivity index (χ4n) is 9.75. The van der Waals surface area contributed by atoms with E-state index in [0.717, 1.165) is 58.0 Å². The first-order valence-electron chi connectivity index (χ1n) is 23.1. The number of hydrogen-bond donors (Lipinski definition) is 0. The van der Waals surface area contributed by atoms with Gasteiger partial charge in [0.2, 0.25) is 0 Å². The van der Waals surface area contributed by atoms with Crippen molar-refractivity contribution in [3.8, 4) is 0 Å². The Hall–Kier alpha value is -6.20.